The average molecular weight is 573 g/mol. The molecule has 3 aliphatic carbocycles. The predicted molar refractivity (Wildman–Crippen MR) is 156 cm³/mol. The van der Waals surface area contributed by atoms with Crippen LogP contribution in [0, 0.1) is 41.8 Å². The van der Waals surface area contributed by atoms with E-state index in [2.05, 4.69) is 40.9 Å². The minimum absolute atomic E-state index is 0.00275. The SMILES string of the molecule is [C-]#[N+]c1c(-c2c[nH]c3c(F)cc(F)cc23)nc(NC2C3CCC(CC3)C2C(=O)O)c(F)c1-c1ccc(C(C)(C)C)cc1. The molecule has 4 aromatic rings. The maximum absolute atomic E-state index is 16.6. The number of hydrogen-bond acceptors (Lipinski definition) is 3. The lowest BCUT2D eigenvalue weighted by Gasteiger charge is -2.47. The lowest BCUT2D eigenvalue weighted by atomic mass is 9.61. The Morgan fingerprint density at radius 3 is 2.36 bits per heavy atom. The van der Waals surface area contributed by atoms with Crippen LogP contribution < -0.4 is 5.32 Å². The number of carboxylic acids is 1. The van der Waals surface area contributed by atoms with Crippen LogP contribution >= 0.6 is 0 Å². The molecule has 42 heavy (non-hydrogen) atoms. The zero-order valence-corrected chi connectivity index (χ0v) is 23.6. The number of benzene rings is 2. The summed E-state index contributed by atoms with van der Waals surface area (Å²) >= 11 is 0. The molecule has 0 radical (unpaired) electrons. The van der Waals surface area contributed by atoms with Gasteiger partial charge < -0.3 is 15.4 Å². The van der Waals surface area contributed by atoms with Gasteiger partial charge in [0.1, 0.15) is 11.6 Å². The fraction of sp³-hybridized carbons (Fsp3) is 0.364. The first-order chi connectivity index (χ1) is 20.0. The summed E-state index contributed by atoms with van der Waals surface area (Å²) < 4.78 is 45.5. The molecule has 9 heteroatoms. The Labute approximate surface area is 241 Å². The second-order valence-electron chi connectivity index (χ2n) is 12.5. The molecule has 2 bridgehead atoms. The van der Waals surface area contributed by atoms with E-state index in [0.717, 1.165) is 43.4 Å². The van der Waals surface area contributed by atoms with Crippen molar-refractivity contribution in [3.63, 3.8) is 0 Å². The van der Waals surface area contributed by atoms with Crippen molar-refractivity contribution in [3.05, 3.63) is 77.0 Å². The highest BCUT2D eigenvalue weighted by Crippen LogP contribution is 2.49. The third kappa shape index (κ3) is 4.59. The fourth-order valence-corrected chi connectivity index (χ4v) is 6.87. The van der Waals surface area contributed by atoms with Gasteiger partial charge in [-0.2, -0.15) is 0 Å². The second kappa shape index (κ2) is 10.2. The maximum Gasteiger partial charge on any atom is 0.308 e. The number of aromatic nitrogens is 2. The highest BCUT2D eigenvalue weighted by atomic mass is 19.1. The van der Waals surface area contributed by atoms with Crippen LogP contribution in [0.15, 0.2) is 42.6 Å². The van der Waals surface area contributed by atoms with Crippen molar-refractivity contribution in [3.8, 4) is 22.4 Å². The van der Waals surface area contributed by atoms with Crippen molar-refractivity contribution in [2.24, 2.45) is 17.8 Å². The molecule has 2 unspecified atom stereocenters. The summed E-state index contributed by atoms with van der Waals surface area (Å²) in [5, 5.41) is 13.4. The number of pyridine rings is 1. The summed E-state index contributed by atoms with van der Waals surface area (Å²) in [4.78, 5) is 23.4. The van der Waals surface area contributed by atoms with Crippen molar-refractivity contribution < 1.29 is 23.1 Å². The van der Waals surface area contributed by atoms with Crippen LogP contribution in [-0.2, 0) is 10.2 Å². The Morgan fingerprint density at radius 2 is 1.74 bits per heavy atom. The van der Waals surface area contributed by atoms with Gasteiger partial charge in [0, 0.05) is 34.8 Å². The number of carbonyl (C=O) groups is 1. The Balaban J connectivity index is 1.58. The van der Waals surface area contributed by atoms with Gasteiger partial charge in [0.15, 0.2) is 11.6 Å². The number of aliphatic carboxylic acids is 1. The molecular formula is C33H31F3N4O2. The number of halogens is 3. The minimum Gasteiger partial charge on any atom is -0.481 e. The van der Waals surface area contributed by atoms with Crippen LogP contribution in [0.25, 0.3) is 38.1 Å². The van der Waals surface area contributed by atoms with E-state index in [1.165, 1.54) is 6.20 Å². The molecule has 3 fully saturated rings. The topological polar surface area (TPSA) is 82.4 Å². The van der Waals surface area contributed by atoms with Crippen molar-refractivity contribution in [2.45, 2.75) is 57.9 Å². The molecule has 2 atom stereocenters. The highest BCUT2D eigenvalue weighted by Gasteiger charge is 2.47. The van der Waals surface area contributed by atoms with Gasteiger partial charge in [-0.05, 0) is 60.1 Å². The molecule has 3 saturated carbocycles. The monoisotopic (exact) mass is 572 g/mol. The number of nitrogens with one attached hydrogen (secondary N) is 2. The van der Waals surface area contributed by atoms with Crippen LogP contribution in [0.4, 0.5) is 24.7 Å². The van der Waals surface area contributed by atoms with Crippen molar-refractivity contribution in [1.82, 2.24) is 9.97 Å². The third-order valence-electron chi connectivity index (χ3n) is 9.03. The van der Waals surface area contributed by atoms with Crippen LogP contribution in [0.5, 0.6) is 0 Å². The standard InChI is InChI=1S/C33H31F3N4O2/c1-33(2,3)19-11-9-16(10-12-19)24-26(36)31(39-27-18-7-5-17(6-8-18)25(27)32(41)42)40-29(30(24)37-4)22-15-38-28-21(22)13-20(34)14-23(28)35/h9-15,17-18,25,27,38H,5-8H2,1-3H3,(H,39,40)(H,41,42). The molecule has 0 saturated heterocycles. The zero-order chi connectivity index (χ0) is 29.9. The Bertz CT molecular complexity index is 1740. The lowest BCUT2D eigenvalue weighted by Crippen LogP contribution is -2.51. The maximum atomic E-state index is 16.6. The fourth-order valence-electron chi connectivity index (χ4n) is 6.87. The summed E-state index contributed by atoms with van der Waals surface area (Å²) in [5.41, 5.74) is 1.53. The van der Waals surface area contributed by atoms with E-state index in [9.17, 15) is 18.7 Å². The van der Waals surface area contributed by atoms with E-state index >= 15 is 4.39 Å². The van der Waals surface area contributed by atoms with E-state index < -0.39 is 35.4 Å². The molecule has 2 aromatic carbocycles. The lowest BCUT2D eigenvalue weighted by molar-refractivity contribution is -0.148. The normalized spacial score (nSPS) is 21.8. The first-order valence-corrected chi connectivity index (χ1v) is 14.2. The molecule has 2 heterocycles. The average Bonchev–Trinajstić information content (AvgIpc) is 3.37. The number of aromatic amines is 1. The number of fused-ring (bicyclic) bond motifs is 4. The van der Waals surface area contributed by atoms with Gasteiger partial charge in [-0.15, -0.1) is 0 Å². The van der Waals surface area contributed by atoms with E-state index in [1.54, 1.807) is 12.1 Å². The van der Waals surface area contributed by atoms with Crippen molar-refractivity contribution in [2.75, 3.05) is 5.32 Å². The molecule has 3 aliphatic rings. The smallest absolute Gasteiger partial charge is 0.308 e. The second-order valence-corrected chi connectivity index (χ2v) is 12.5. The van der Waals surface area contributed by atoms with Gasteiger partial charge >= 0.3 is 5.97 Å². The molecule has 3 N–H and O–H groups in total. The molecule has 0 spiro atoms. The highest BCUT2D eigenvalue weighted by molar-refractivity contribution is 6.01. The third-order valence-corrected chi connectivity index (χ3v) is 9.03. The number of carboxylic acid groups (broad SMARTS) is 1. The quantitative estimate of drug-likeness (QED) is 0.210. The first kappa shape index (κ1) is 27.8. The predicted octanol–water partition coefficient (Wildman–Crippen LogP) is 8.46. The Hall–Kier alpha value is -4.32. The van der Waals surface area contributed by atoms with Gasteiger partial charge in [0.2, 0.25) is 5.69 Å². The van der Waals surface area contributed by atoms with Crippen LogP contribution in [0.3, 0.4) is 0 Å². The molecule has 2 aromatic heterocycles. The largest absolute Gasteiger partial charge is 0.481 e. The number of rotatable bonds is 5. The Kier molecular flexibility index (Phi) is 6.76. The Morgan fingerprint density at radius 1 is 1.07 bits per heavy atom. The van der Waals surface area contributed by atoms with Gasteiger partial charge in [-0.3, -0.25) is 4.79 Å². The summed E-state index contributed by atoms with van der Waals surface area (Å²) in [6.07, 6.45) is 4.73. The van der Waals surface area contributed by atoms with E-state index in [-0.39, 0.29) is 56.5 Å². The molecule has 6 nitrogen and oxygen atoms in total. The number of nitrogens with zero attached hydrogens (tertiary/aromatic N) is 2. The van der Waals surface area contributed by atoms with Crippen molar-refractivity contribution in [1.29, 1.82) is 0 Å². The summed E-state index contributed by atoms with van der Waals surface area (Å²) in [5.74, 6) is -4.16. The van der Waals surface area contributed by atoms with Crippen molar-refractivity contribution >= 4 is 28.4 Å². The number of H-pyrrole nitrogens is 1. The van der Waals surface area contributed by atoms with E-state index in [0.29, 0.717) is 5.56 Å². The molecule has 0 aliphatic heterocycles. The van der Waals surface area contributed by atoms with Crippen LogP contribution in [-0.4, -0.2) is 27.1 Å². The molecular weight excluding hydrogens is 541 g/mol. The van der Waals surface area contributed by atoms with Gasteiger partial charge in [-0.25, -0.2) is 23.0 Å². The van der Waals surface area contributed by atoms with E-state index in [1.807, 2.05) is 12.1 Å². The van der Waals surface area contributed by atoms with Gasteiger partial charge in [0.25, 0.3) is 0 Å². The molecule has 216 valence electrons. The number of hydrogen-bond donors (Lipinski definition) is 3. The van der Waals surface area contributed by atoms with E-state index in [4.69, 9.17) is 6.57 Å². The zero-order valence-electron chi connectivity index (χ0n) is 23.6. The van der Waals surface area contributed by atoms with Crippen LogP contribution in [0.1, 0.15) is 52.0 Å². The molecule has 7 rings (SSSR count). The molecule has 0 amide bonds. The number of anilines is 1. The van der Waals surface area contributed by atoms with Crippen LogP contribution in [0.2, 0.25) is 0 Å². The van der Waals surface area contributed by atoms with Gasteiger partial charge in [0.05, 0.1) is 23.7 Å². The minimum atomic E-state index is -0.930. The summed E-state index contributed by atoms with van der Waals surface area (Å²) in [6, 6.07) is 8.62. The summed E-state index contributed by atoms with van der Waals surface area (Å²) in [6.45, 7) is 14.2. The summed E-state index contributed by atoms with van der Waals surface area (Å²) in [7, 11) is 0. The van der Waals surface area contributed by atoms with Gasteiger partial charge in [-0.1, -0.05) is 45.0 Å². The first-order valence-electron chi connectivity index (χ1n) is 14.2.